The van der Waals surface area contributed by atoms with Gasteiger partial charge in [-0.1, -0.05) is 0 Å². The molecule has 0 bridgehead atoms. The highest BCUT2D eigenvalue weighted by Crippen LogP contribution is 2.41. The van der Waals surface area contributed by atoms with Crippen LogP contribution in [0.1, 0.15) is 27.7 Å². The van der Waals surface area contributed by atoms with Crippen LogP contribution in [0.25, 0.3) is 0 Å². The highest BCUT2D eigenvalue weighted by Gasteiger charge is 2.24. The zero-order valence-corrected chi connectivity index (χ0v) is 27.9. The van der Waals surface area contributed by atoms with Crippen LogP contribution in [0.3, 0.4) is 0 Å². The maximum Gasteiger partial charge on any atom is 0.206 e. The second-order valence-electron chi connectivity index (χ2n) is 8.54. The van der Waals surface area contributed by atoms with Crippen molar-refractivity contribution in [3.63, 3.8) is 0 Å². The molecule has 2 rings (SSSR count). The Hall–Kier alpha value is -0.250. The van der Waals surface area contributed by atoms with Crippen LogP contribution in [0.5, 0.6) is 11.5 Å². The third-order valence-electron chi connectivity index (χ3n) is 4.73. The number of aliphatic hydroxyl groups excluding tert-OH is 2. The first-order chi connectivity index (χ1) is 17.2. The topological polar surface area (TPSA) is 112 Å². The molecule has 8 nitrogen and oxygen atoms in total. The highest BCUT2D eigenvalue weighted by atomic mass is 79.9. The summed E-state index contributed by atoms with van der Waals surface area (Å²) < 4.78 is 51.3. The fourth-order valence-electron chi connectivity index (χ4n) is 2.90. The van der Waals surface area contributed by atoms with Crippen molar-refractivity contribution >= 4 is 73.6 Å². The van der Waals surface area contributed by atoms with Gasteiger partial charge in [-0.3, -0.25) is 0 Å². The van der Waals surface area contributed by atoms with Gasteiger partial charge in [0.2, 0.25) is 9.84 Å². The molecule has 208 valence electrons. The number of halogens is 4. The summed E-state index contributed by atoms with van der Waals surface area (Å²) >= 11 is 13.6. The lowest BCUT2D eigenvalue weighted by molar-refractivity contribution is -0.0134. The molecule has 4 atom stereocenters. The van der Waals surface area contributed by atoms with Gasteiger partial charge >= 0.3 is 0 Å². The van der Waals surface area contributed by atoms with E-state index in [1.54, 1.807) is 13.8 Å². The summed E-state index contributed by atoms with van der Waals surface area (Å²) in [5.74, 6) is 0.869. The minimum atomic E-state index is -3.90. The number of rotatable bonds is 14. The molecule has 0 saturated carbocycles. The van der Waals surface area contributed by atoms with Gasteiger partial charge in [-0.25, -0.2) is 8.42 Å². The third-order valence-corrected chi connectivity index (χ3v) is 8.80. The van der Waals surface area contributed by atoms with Gasteiger partial charge in [0.05, 0.1) is 65.3 Å². The number of ether oxygens (including phenoxy) is 4. The van der Waals surface area contributed by atoms with Crippen LogP contribution >= 0.6 is 63.7 Å². The van der Waals surface area contributed by atoms with E-state index >= 15 is 0 Å². The molecule has 2 N–H and O–H groups in total. The molecule has 0 radical (unpaired) electrons. The van der Waals surface area contributed by atoms with E-state index in [0.717, 1.165) is 0 Å². The van der Waals surface area contributed by atoms with Gasteiger partial charge in [-0.15, -0.1) is 0 Å². The molecule has 0 aliphatic carbocycles. The normalized spacial score (nSPS) is 15.2. The summed E-state index contributed by atoms with van der Waals surface area (Å²) in [6, 6.07) is 5.91. The molecule has 2 aromatic carbocycles. The van der Waals surface area contributed by atoms with Crippen LogP contribution < -0.4 is 9.47 Å². The summed E-state index contributed by atoms with van der Waals surface area (Å²) in [5.41, 5.74) is 0. The molecule has 4 unspecified atom stereocenters. The predicted molar refractivity (Wildman–Crippen MR) is 154 cm³/mol. The molecule has 0 spiro atoms. The zero-order chi connectivity index (χ0) is 27.9. The molecule has 0 saturated heterocycles. The van der Waals surface area contributed by atoms with Crippen molar-refractivity contribution in [3.8, 4) is 11.5 Å². The van der Waals surface area contributed by atoms with Crippen molar-refractivity contribution in [3.05, 3.63) is 42.2 Å². The van der Waals surface area contributed by atoms with Gasteiger partial charge in [0.1, 0.15) is 24.7 Å². The van der Waals surface area contributed by atoms with Gasteiger partial charge in [-0.05, 0) is 116 Å². The number of aliphatic hydroxyl groups is 2. The first kappa shape index (κ1) is 33.0. The Morgan fingerprint density at radius 2 is 0.946 bits per heavy atom. The van der Waals surface area contributed by atoms with Crippen molar-refractivity contribution < 1.29 is 37.6 Å². The van der Waals surface area contributed by atoms with Gasteiger partial charge in [-0.2, -0.15) is 0 Å². The number of sulfone groups is 1. The standard InChI is InChI=1S/C24H30Br4O8S/c1-13(29)9-33-15(3)11-35-23-19(25)5-17(6-20(23)26)37(31,32)18-7-21(27)24(22(28)8-18)36-12-16(4)34-10-14(2)30/h5-8,13-16,29-30H,9-12H2,1-4H3. The quantitative estimate of drug-likeness (QED) is 0.244. The first-order valence-electron chi connectivity index (χ1n) is 11.3. The molecular weight excluding hydrogens is 768 g/mol. The average molecular weight is 798 g/mol. The smallest absolute Gasteiger partial charge is 0.206 e. The Labute approximate surface area is 251 Å². The van der Waals surface area contributed by atoms with E-state index < -0.39 is 22.0 Å². The van der Waals surface area contributed by atoms with E-state index in [2.05, 4.69) is 63.7 Å². The highest BCUT2D eigenvalue weighted by molar-refractivity contribution is 9.11. The summed E-state index contributed by atoms with van der Waals surface area (Å²) in [6.45, 7) is 7.69. The summed E-state index contributed by atoms with van der Waals surface area (Å²) in [7, 11) is -3.90. The van der Waals surface area contributed by atoms with Crippen molar-refractivity contribution in [2.75, 3.05) is 26.4 Å². The molecule has 13 heteroatoms. The van der Waals surface area contributed by atoms with Crippen molar-refractivity contribution in [1.82, 2.24) is 0 Å². The van der Waals surface area contributed by atoms with Crippen LogP contribution in [-0.2, 0) is 19.3 Å². The van der Waals surface area contributed by atoms with E-state index in [1.165, 1.54) is 24.3 Å². The minimum absolute atomic E-state index is 0.0598. The van der Waals surface area contributed by atoms with Gasteiger partial charge < -0.3 is 29.2 Å². The molecule has 0 amide bonds. The maximum absolute atomic E-state index is 13.4. The Bertz CT molecular complexity index is 1030. The molecule has 0 fully saturated rings. The molecule has 0 aliphatic heterocycles. The van der Waals surface area contributed by atoms with E-state index in [0.29, 0.717) is 29.4 Å². The number of hydrogen-bond acceptors (Lipinski definition) is 8. The van der Waals surface area contributed by atoms with Crippen LogP contribution in [0.15, 0.2) is 51.9 Å². The molecule has 0 heterocycles. The molecule has 2 aromatic rings. The summed E-state index contributed by atoms with van der Waals surface area (Å²) in [4.78, 5) is 0.120. The maximum atomic E-state index is 13.4. The van der Waals surface area contributed by atoms with Gasteiger partial charge in [0.15, 0.2) is 0 Å². The van der Waals surface area contributed by atoms with Crippen molar-refractivity contribution in [2.45, 2.75) is 61.9 Å². The van der Waals surface area contributed by atoms with Gasteiger partial charge in [0, 0.05) is 0 Å². The number of hydrogen-bond donors (Lipinski definition) is 2. The lowest BCUT2D eigenvalue weighted by Crippen LogP contribution is -2.23. The van der Waals surface area contributed by atoms with Crippen molar-refractivity contribution in [1.29, 1.82) is 0 Å². The van der Waals surface area contributed by atoms with E-state index in [1.807, 2.05) is 13.8 Å². The summed E-state index contributed by atoms with van der Waals surface area (Å²) in [6.07, 6.45) is -1.71. The third kappa shape index (κ3) is 10.0. The summed E-state index contributed by atoms with van der Waals surface area (Å²) in [5, 5.41) is 18.7. The fourth-order valence-corrected chi connectivity index (χ4v) is 7.70. The largest absolute Gasteiger partial charge is 0.489 e. The molecular formula is C24H30Br4O8S. The Morgan fingerprint density at radius 3 is 1.22 bits per heavy atom. The lowest BCUT2D eigenvalue weighted by Gasteiger charge is -2.18. The molecule has 0 aromatic heterocycles. The average Bonchev–Trinajstić information content (AvgIpc) is 2.79. The van der Waals surface area contributed by atoms with E-state index in [9.17, 15) is 18.6 Å². The van der Waals surface area contributed by atoms with Crippen LogP contribution in [-0.4, -0.2) is 69.5 Å². The molecule has 0 aliphatic rings. The van der Waals surface area contributed by atoms with Crippen molar-refractivity contribution in [2.24, 2.45) is 0 Å². The Balaban J connectivity index is 2.20. The zero-order valence-electron chi connectivity index (χ0n) is 20.7. The Morgan fingerprint density at radius 1 is 0.649 bits per heavy atom. The monoisotopic (exact) mass is 794 g/mol. The van der Waals surface area contributed by atoms with E-state index in [-0.39, 0.29) is 48.4 Å². The second-order valence-corrected chi connectivity index (χ2v) is 13.9. The first-order valence-corrected chi connectivity index (χ1v) is 16.0. The predicted octanol–water partition coefficient (Wildman–Crippen LogP) is 5.90. The molecule has 37 heavy (non-hydrogen) atoms. The van der Waals surface area contributed by atoms with Gasteiger partial charge in [0.25, 0.3) is 0 Å². The SMILES string of the molecule is CC(O)COC(C)COc1c(Br)cc(S(=O)(=O)c2cc(Br)c(OCC(C)OCC(C)O)c(Br)c2)cc1Br. The number of benzene rings is 2. The minimum Gasteiger partial charge on any atom is -0.489 e. The van der Waals surface area contributed by atoms with Crippen LogP contribution in [0.4, 0.5) is 0 Å². The van der Waals surface area contributed by atoms with Crippen LogP contribution in [0, 0.1) is 0 Å². The fraction of sp³-hybridized carbons (Fsp3) is 0.500. The lowest BCUT2D eigenvalue weighted by atomic mass is 10.3. The second kappa shape index (κ2) is 14.9. The van der Waals surface area contributed by atoms with Crippen LogP contribution in [0.2, 0.25) is 0 Å². The van der Waals surface area contributed by atoms with E-state index in [4.69, 9.17) is 18.9 Å². The Kier molecular flexibility index (Phi) is 13.3.